The second-order valence-electron chi connectivity index (χ2n) is 10.5. The number of allylic oxidation sites excluding steroid dienone is 1. The van der Waals surface area contributed by atoms with Gasteiger partial charge in [-0.2, -0.15) is 5.10 Å². The number of carbonyl (C=O) groups excluding carboxylic acids is 2. The highest BCUT2D eigenvalue weighted by atomic mass is 32.1. The van der Waals surface area contributed by atoms with Gasteiger partial charge < -0.3 is 19.7 Å². The van der Waals surface area contributed by atoms with Crippen LogP contribution in [-0.4, -0.2) is 76.0 Å². The minimum absolute atomic E-state index is 0.174. The number of aromatic nitrogens is 4. The Kier molecular flexibility index (Phi) is 9.92. The van der Waals surface area contributed by atoms with E-state index in [0.717, 1.165) is 67.0 Å². The minimum atomic E-state index is -0.270. The third-order valence-electron chi connectivity index (χ3n) is 7.48. The molecule has 0 radical (unpaired) electrons. The number of hydrogen-bond donors (Lipinski definition) is 1. The van der Waals surface area contributed by atoms with Crippen molar-refractivity contribution >= 4 is 34.5 Å². The molecule has 41 heavy (non-hydrogen) atoms. The number of aryl methyl sites for hydroxylation is 1. The minimum Gasteiger partial charge on any atom is -0.466 e. The highest BCUT2D eigenvalue weighted by Gasteiger charge is 2.23. The van der Waals surface area contributed by atoms with E-state index < -0.39 is 0 Å². The Balaban J connectivity index is 1.41. The van der Waals surface area contributed by atoms with Gasteiger partial charge in [-0.05, 0) is 76.2 Å². The Morgan fingerprint density at radius 3 is 2.85 bits per heavy atom. The summed E-state index contributed by atoms with van der Waals surface area (Å²) in [6.07, 6.45) is 9.11. The quantitative estimate of drug-likeness (QED) is 0.421. The molecule has 4 bridgehead atoms. The van der Waals surface area contributed by atoms with Crippen LogP contribution in [0.1, 0.15) is 73.4 Å². The van der Waals surface area contributed by atoms with Crippen LogP contribution in [0.3, 0.4) is 0 Å². The lowest BCUT2D eigenvalue weighted by atomic mass is 10.1. The van der Waals surface area contributed by atoms with Crippen molar-refractivity contribution < 1.29 is 19.1 Å². The summed E-state index contributed by atoms with van der Waals surface area (Å²) in [4.78, 5) is 36.9. The maximum Gasteiger partial charge on any atom is 0.307 e. The van der Waals surface area contributed by atoms with Crippen LogP contribution >= 0.6 is 11.3 Å². The predicted molar refractivity (Wildman–Crippen MR) is 159 cm³/mol. The first-order valence-electron chi connectivity index (χ1n) is 14.5. The lowest BCUT2D eigenvalue weighted by molar-refractivity contribution is -0.143. The van der Waals surface area contributed by atoms with Crippen LogP contribution in [0.25, 0.3) is 16.1 Å². The summed E-state index contributed by atoms with van der Waals surface area (Å²) in [6.45, 7) is 10.3. The maximum atomic E-state index is 13.3. The van der Waals surface area contributed by atoms with E-state index in [4.69, 9.17) is 14.6 Å². The van der Waals surface area contributed by atoms with E-state index in [1.165, 1.54) is 11.3 Å². The number of pyridine rings is 1. The smallest absolute Gasteiger partial charge is 0.307 e. The van der Waals surface area contributed by atoms with E-state index in [9.17, 15) is 9.59 Å². The highest BCUT2D eigenvalue weighted by Crippen LogP contribution is 2.30. The Morgan fingerprint density at radius 2 is 2.05 bits per heavy atom. The average Bonchev–Trinajstić information content (AvgIpc) is 3.64. The van der Waals surface area contributed by atoms with Crippen molar-refractivity contribution in [3.63, 3.8) is 0 Å². The molecular formula is C30H38N6O4S. The van der Waals surface area contributed by atoms with Crippen molar-refractivity contribution in [2.45, 2.75) is 57.9 Å². The van der Waals surface area contributed by atoms with Gasteiger partial charge in [0.15, 0.2) is 0 Å². The molecule has 1 fully saturated rings. The number of carbonyl (C=O) groups is 2. The zero-order valence-electron chi connectivity index (χ0n) is 23.6. The molecule has 1 N–H and O–H groups in total. The second-order valence-corrected chi connectivity index (χ2v) is 11.3. The maximum absolute atomic E-state index is 13.3. The molecule has 0 aliphatic carbocycles. The van der Waals surface area contributed by atoms with Crippen LogP contribution in [0.2, 0.25) is 0 Å². The summed E-state index contributed by atoms with van der Waals surface area (Å²) in [6, 6.07) is 4.19. The molecule has 0 spiro atoms. The van der Waals surface area contributed by atoms with Crippen LogP contribution in [0.5, 0.6) is 0 Å². The Morgan fingerprint density at radius 1 is 1.24 bits per heavy atom. The topological polar surface area (TPSA) is 111 Å². The first kappa shape index (κ1) is 29.1. The number of esters is 1. The molecule has 11 heteroatoms. The summed E-state index contributed by atoms with van der Waals surface area (Å²) in [5, 5.41) is 10.5. The summed E-state index contributed by atoms with van der Waals surface area (Å²) in [5.41, 5.74) is 4.52. The molecule has 0 aromatic carbocycles. The first-order chi connectivity index (χ1) is 20.0. The van der Waals surface area contributed by atoms with E-state index >= 15 is 0 Å². The SMILES string of the molecule is C=C1CCCN(CCC(=O)OCC)CCCc2cc(ccn2)-c2nc(cs2)C(=O)Nc2cn(C3CCOCC3)nc21. The van der Waals surface area contributed by atoms with E-state index in [1.807, 2.05) is 29.9 Å². The van der Waals surface area contributed by atoms with Gasteiger partial charge in [0.05, 0.1) is 24.8 Å². The summed E-state index contributed by atoms with van der Waals surface area (Å²) >= 11 is 1.44. The van der Waals surface area contributed by atoms with Crippen molar-refractivity contribution in [2.75, 3.05) is 44.8 Å². The van der Waals surface area contributed by atoms with Gasteiger partial charge in [0.25, 0.3) is 5.91 Å². The number of anilines is 1. The molecule has 5 heterocycles. The number of rotatable bonds is 5. The van der Waals surface area contributed by atoms with E-state index in [0.29, 0.717) is 56.3 Å². The van der Waals surface area contributed by atoms with Crippen molar-refractivity contribution in [2.24, 2.45) is 0 Å². The van der Waals surface area contributed by atoms with Crippen LogP contribution in [0.4, 0.5) is 5.69 Å². The third kappa shape index (κ3) is 7.66. The number of nitrogens with one attached hydrogen (secondary N) is 1. The number of thiazole rings is 1. The van der Waals surface area contributed by atoms with Crippen molar-refractivity contribution in [3.8, 4) is 10.6 Å². The zero-order valence-corrected chi connectivity index (χ0v) is 24.5. The summed E-state index contributed by atoms with van der Waals surface area (Å²) in [5.74, 6) is -0.443. The molecule has 1 amide bonds. The number of hydrogen-bond acceptors (Lipinski definition) is 9. The van der Waals surface area contributed by atoms with Gasteiger partial charge in [-0.15, -0.1) is 11.3 Å². The normalized spacial score (nSPS) is 17.8. The van der Waals surface area contributed by atoms with Gasteiger partial charge in [0.2, 0.25) is 0 Å². The summed E-state index contributed by atoms with van der Waals surface area (Å²) in [7, 11) is 0. The van der Waals surface area contributed by atoms with Gasteiger partial charge in [0, 0.05) is 48.8 Å². The fraction of sp³-hybridized carbons (Fsp3) is 0.500. The molecule has 0 saturated carbocycles. The molecule has 218 valence electrons. The molecule has 3 aromatic heterocycles. The molecule has 0 unspecified atom stereocenters. The van der Waals surface area contributed by atoms with Gasteiger partial charge in [-0.3, -0.25) is 19.3 Å². The largest absolute Gasteiger partial charge is 0.466 e. The third-order valence-corrected chi connectivity index (χ3v) is 8.37. The van der Waals surface area contributed by atoms with E-state index in [2.05, 4.69) is 26.8 Å². The van der Waals surface area contributed by atoms with Crippen molar-refractivity contribution in [1.82, 2.24) is 24.6 Å². The van der Waals surface area contributed by atoms with Crippen LogP contribution in [-0.2, 0) is 20.7 Å². The molecule has 10 nitrogen and oxygen atoms in total. The fourth-order valence-electron chi connectivity index (χ4n) is 5.26. The predicted octanol–water partition coefficient (Wildman–Crippen LogP) is 5.00. The molecule has 2 aliphatic heterocycles. The fourth-order valence-corrected chi connectivity index (χ4v) is 6.06. The standard InChI is InChI=1S/C30H38N6O4S/c1-3-40-27(37)9-15-35-13-4-6-21(2)28-25(19-36(34-28)24-10-16-39-17-11-24)32-29(38)26-20-41-30(33-26)22-8-12-31-23(18-22)7-5-14-35/h8,12,18-20,24H,2-7,9-11,13-17H2,1H3,(H,32,38). The first-order valence-corrected chi connectivity index (χ1v) is 15.3. The number of fused-ring (bicyclic) bond motifs is 6. The molecule has 5 rings (SSSR count). The van der Waals surface area contributed by atoms with E-state index in [1.54, 1.807) is 11.6 Å². The summed E-state index contributed by atoms with van der Waals surface area (Å²) < 4.78 is 12.7. The molecular weight excluding hydrogens is 540 g/mol. The van der Waals surface area contributed by atoms with Gasteiger partial charge in [-0.25, -0.2) is 4.98 Å². The number of nitrogens with zero attached hydrogens (tertiary/aromatic N) is 5. The lowest BCUT2D eigenvalue weighted by Crippen LogP contribution is -2.29. The van der Waals surface area contributed by atoms with Gasteiger partial charge >= 0.3 is 5.97 Å². The second kappa shape index (κ2) is 14.0. The van der Waals surface area contributed by atoms with Crippen LogP contribution in [0.15, 0.2) is 36.5 Å². The Hall–Kier alpha value is -3.41. The zero-order chi connectivity index (χ0) is 28.6. The molecule has 3 aromatic rings. The average molecular weight is 579 g/mol. The van der Waals surface area contributed by atoms with Crippen LogP contribution in [0, 0.1) is 0 Å². The monoisotopic (exact) mass is 578 g/mol. The molecule has 2 aliphatic rings. The highest BCUT2D eigenvalue weighted by molar-refractivity contribution is 7.13. The van der Waals surface area contributed by atoms with Gasteiger partial charge in [0.1, 0.15) is 16.4 Å². The van der Waals surface area contributed by atoms with Crippen molar-refractivity contribution in [3.05, 3.63) is 53.6 Å². The number of ether oxygens (including phenoxy) is 2. The van der Waals surface area contributed by atoms with Crippen LogP contribution < -0.4 is 5.32 Å². The van der Waals surface area contributed by atoms with Crippen molar-refractivity contribution in [1.29, 1.82) is 0 Å². The number of amides is 1. The lowest BCUT2D eigenvalue weighted by Gasteiger charge is -2.22. The Labute approximate surface area is 244 Å². The Bertz CT molecular complexity index is 1360. The molecule has 0 atom stereocenters. The van der Waals surface area contributed by atoms with E-state index in [-0.39, 0.29) is 17.9 Å². The molecule has 1 saturated heterocycles. The van der Waals surface area contributed by atoms with Gasteiger partial charge in [-0.1, -0.05) is 6.58 Å².